The Morgan fingerprint density at radius 2 is 1.62 bits per heavy atom. The van der Waals surface area contributed by atoms with Crippen molar-refractivity contribution in [3.05, 3.63) is 12.2 Å². The van der Waals surface area contributed by atoms with E-state index in [1.807, 2.05) is 17.2 Å². The number of fused-ring (bicyclic) bond motifs is 2. The van der Waals surface area contributed by atoms with Crippen molar-refractivity contribution in [2.24, 2.45) is 23.7 Å². The minimum absolute atomic E-state index is 0.00994. The highest BCUT2D eigenvalue weighted by Gasteiger charge is 2.48. The van der Waals surface area contributed by atoms with Gasteiger partial charge in [0.2, 0.25) is 5.91 Å². The summed E-state index contributed by atoms with van der Waals surface area (Å²) in [4.78, 5) is 26.4. The van der Waals surface area contributed by atoms with Crippen molar-refractivity contribution >= 4 is 11.9 Å². The summed E-state index contributed by atoms with van der Waals surface area (Å²) in [5.41, 5.74) is 2.95. The Morgan fingerprint density at radius 3 is 2.14 bits per heavy atom. The number of carbonyl (C=O) groups excluding carboxylic acids is 1. The van der Waals surface area contributed by atoms with E-state index >= 15 is 0 Å². The lowest BCUT2D eigenvalue weighted by Gasteiger charge is -2.43. The number of carboxylic acids is 1. The molecule has 116 valence electrons. The maximum atomic E-state index is 12.6. The lowest BCUT2D eigenvalue weighted by Crippen LogP contribution is -2.57. The molecule has 4 atom stereocenters. The molecule has 0 aromatic rings. The monoisotopic (exact) mass is 293 g/mol. The average molecular weight is 293 g/mol. The van der Waals surface area contributed by atoms with Gasteiger partial charge in [-0.05, 0) is 31.7 Å². The van der Waals surface area contributed by atoms with Gasteiger partial charge in [-0.1, -0.05) is 12.2 Å². The largest absolute Gasteiger partial charge is 0.481 e. The molecular weight excluding hydrogens is 270 g/mol. The Morgan fingerprint density at radius 1 is 1.05 bits per heavy atom. The number of allylic oxidation sites excluding steroid dienone is 2. The van der Waals surface area contributed by atoms with Crippen LogP contribution in [-0.4, -0.2) is 60.1 Å². The second-order valence-electron chi connectivity index (χ2n) is 6.45. The number of carbonyl (C=O) groups is 2. The third-order valence-corrected chi connectivity index (χ3v) is 5.11. The molecule has 6 heteroatoms. The molecule has 4 aliphatic rings. The Hall–Kier alpha value is -1.40. The van der Waals surface area contributed by atoms with Crippen molar-refractivity contribution in [2.75, 3.05) is 33.2 Å². The van der Waals surface area contributed by atoms with Crippen molar-refractivity contribution < 1.29 is 14.7 Å². The zero-order valence-corrected chi connectivity index (χ0v) is 12.4. The number of nitrogens with one attached hydrogen (secondary N) is 1. The minimum Gasteiger partial charge on any atom is -0.481 e. The van der Waals surface area contributed by atoms with Gasteiger partial charge < -0.3 is 10.0 Å². The zero-order valence-electron chi connectivity index (χ0n) is 12.4. The van der Waals surface area contributed by atoms with E-state index in [0.717, 1.165) is 39.0 Å². The van der Waals surface area contributed by atoms with Crippen molar-refractivity contribution in [3.63, 3.8) is 0 Å². The summed E-state index contributed by atoms with van der Waals surface area (Å²) in [5, 5.41) is 11.4. The fraction of sp³-hybridized carbons (Fsp3) is 0.733. The van der Waals surface area contributed by atoms with E-state index in [9.17, 15) is 14.7 Å². The van der Waals surface area contributed by atoms with Crippen molar-refractivity contribution in [1.82, 2.24) is 15.3 Å². The van der Waals surface area contributed by atoms with E-state index in [4.69, 9.17) is 0 Å². The number of likely N-dealkylation sites (N-methyl/N-ethyl adjacent to an activating group) is 1. The van der Waals surface area contributed by atoms with Crippen LogP contribution in [-0.2, 0) is 9.59 Å². The fourth-order valence-electron chi connectivity index (χ4n) is 3.84. The molecule has 2 N–H and O–H groups in total. The first-order valence-corrected chi connectivity index (χ1v) is 7.71. The maximum Gasteiger partial charge on any atom is 0.307 e. The van der Waals surface area contributed by atoms with Gasteiger partial charge in [-0.15, -0.1) is 0 Å². The Labute approximate surface area is 124 Å². The molecule has 0 aromatic heterocycles. The highest BCUT2D eigenvalue weighted by Crippen LogP contribution is 2.45. The Bertz CT molecular complexity index is 457. The first-order chi connectivity index (χ1) is 10.1. The molecule has 6 nitrogen and oxygen atoms in total. The van der Waals surface area contributed by atoms with Crippen molar-refractivity contribution in [1.29, 1.82) is 0 Å². The molecule has 1 saturated carbocycles. The van der Waals surface area contributed by atoms with Crippen molar-refractivity contribution in [2.45, 2.75) is 12.8 Å². The maximum absolute atomic E-state index is 12.6. The summed E-state index contributed by atoms with van der Waals surface area (Å²) >= 11 is 0. The molecule has 21 heavy (non-hydrogen) atoms. The number of hydrogen-bond donors (Lipinski definition) is 2. The fourth-order valence-corrected chi connectivity index (χ4v) is 3.84. The third kappa shape index (κ3) is 2.82. The van der Waals surface area contributed by atoms with E-state index in [2.05, 4.69) is 17.4 Å². The molecule has 0 unspecified atom stereocenters. The van der Waals surface area contributed by atoms with Gasteiger partial charge in [0.05, 0.1) is 11.8 Å². The summed E-state index contributed by atoms with van der Waals surface area (Å²) in [6, 6.07) is 0. The standard InChI is InChI=1S/C15H23N3O3/c1-17-6-8-18(9-7-17)16-14(19)12-10-2-4-11(5-3-10)13(12)15(20)21/h2,4,10-13H,3,5-9H2,1H3,(H,16,19)(H,20,21)/t10-,11+,12+,13+/m1/s1. The predicted octanol–water partition coefficient (Wildman–Crippen LogP) is 0.178. The van der Waals surface area contributed by atoms with E-state index in [0.29, 0.717) is 0 Å². The minimum atomic E-state index is -0.840. The molecular formula is C15H23N3O3. The molecule has 1 aliphatic heterocycles. The van der Waals surface area contributed by atoms with Gasteiger partial charge in [-0.25, -0.2) is 5.01 Å². The summed E-state index contributed by atoms with van der Waals surface area (Å²) < 4.78 is 0. The third-order valence-electron chi connectivity index (χ3n) is 5.11. The Balaban J connectivity index is 1.68. The van der Waals surface area contributed by atoms with Gasteiger partial charge in [0.15, 0.2) is 0 Å². The van der Waals surface area contributed by atoms with E-state index in [-0.39, 0.29) is 17.7 Å². The number of carboxylic acid groups (broad SMARTS) is 1. The summed E-state index contributed by atoms with van der Waals surface area (Å²) in [7, 11) is 2.06. The molecule has 1 saturated heterocycles. The van der Waals surface area contributed by atoms with Gasteiger partial charge in [0.25, 0.3) is 0 Å². The normalized spacial score (nSPS) is 36.6. The quantitative estimate of drug-likeness (QED) is 0.726. The predicted molar refractivity (Wildman–Crippen MR) is 77.2 cm³/mol. The number of piperazine rings is 1. The summed E-state index contributed by atoms with van der Waals surface area (Å²) in [6.07, 6.45) is 5.84. The van der Waals surface area contributed by atoms with Crippen LogP contribution in [0.1, 0.15) is 12.8 Å². The van der Waals surface area contributed by atoms with E-state index < -0.39 is 17.8 Å². The number of rotatable bonds is 3. The van der Waals surface area contributed by atoms with Crippen LogP contribution in [0.25, 0.3) is 0 Å². The zero-order chi connectivity index (χ0) is 15.0. The van der Waals surface area contributed by atoms with Gasteiger partial charge in [-0.3, -0.25) is 15.0 Å². The van der Waals surface area contributed by atoms with E-state index in [1.165, 1.54) is 0 Å². The van der Waals surface area contributed by atoms with Crippen LogP contribution in [0, 0.1) is 23.7 Å². The molecule has 2 fully saturated rings. The lowest BCUT2D eigenvalue weighted by atomic mass is 9.62. The second-order valence-corrected chi connectivity index (χ2v) is 6.45. The van der Waals surface area contributed by atoms with Crippen LogP contribution in [0.15, 0.2) is 12.2 Å². The smallest absolute Gasteiger partial charge is 0.307 e. The van der Waals surface area contributed by atoms with Gasteiger partial charge >= 0.3 is 5.97 Å². The van der Waals surface area contributed by atoms with Gasteiger partial charge in [0, 0.05) is 26.2 Å². The molecule has 0 aromatic carbocycles. The number of hydrogen-bond acceptors (Lipinski definition) is 4. The average Bonchev–Trinajstić information content (AvgIpc) is 2.49. The van der Waals surface area contributed by atoms with Crippen LogP contribution >= 0.6 is 0 Å². The highest BCUT2D eigenvalue weighted by molar-refractivity contribution is 5.86. The van der Waals surface area contributed by atoms with Crippen molar-refractivity contribution in [3.8, 4) is 0 Å². The lowest BCUT2D eigenvalue weighted by molar-refractivity contribution is -0.154. The first kappa shape index (κ1) is 14.5. The number of aliphatic carboxylic acids is 1. The molecule has 2 bridgehead atoms. The second kappa shape index (κ2) is 5.77. The molecule has 0 spiro atoms. The number of nitrogens with zero attached hydrogens (tertiary/aromatic N) is 2. The van der Waals surface area contributed by atoms with Crippen LogP contribution in [0.5, 0.6) is 0 Å². The molecule has 4 rings (SSSR count). The SMILES string of the molecule is CN1CCN(NC(=O)[C@@H]2[C@@H](C(=O)O)[C@H]3C=C[C@@H]2CC3)CC1. The van der Waals surface area contributed by atoms with Crippen LogP contribution < -0.4 is 5.43 Å². The van der Waals surface area contributed by atoms with Gasteiger partial charge in [-0.2, -0.15) is 0 Å². The molecule has 0 radical (unpaired) electrons. The van der Waals surface area contributed by atoms with Crippen LogP contribution in [0.4, 0.5) is 0 Å². The molecule has 3 aliphatic carbocycles. The summed E-state index contributed by atoms with van der Waals surface area (Å²) in [5.74, 6) is -1.87. The number of amides is 1. The Kier molecular flexibility index (Phi) is 3.99. The van der Waals surface area contributed by atoms with Crippen LogP contribution in [0.3, 0.4) is 0 Å². The number of hydrazine groups is 1. The molecule has 1 heterocycles. The first-order valence-electron chi connectivity index (χ1n) is 7.71. The molecule has 1 amide bonds. The van der Waals surface area contributed by atoms with Gasteiger partial charge in [0.1, 0.15) is 0 Å². The van der Waals surface area contributed by atoms with E-state index in [1.54, 1.807) is 0 Å². The summed E-state index contributed by atoms with van der Waals surface area (Å²) in [6.45, 7) is 3.41. The topological polar surface area (TPSA) is 72.9 Å². The highest BCUT2D eigenvalue weighted by atomic mass is 16.4. The van der Waals surface area contributed by atoms with Crippen LogP contribution in [0.2, 0.25) is 0 Å².